The maximum Gasteiger partial charge on any atom is 0.411 e. The second kappa shape index (κ2) is 16.5. The minimum Gasteiger partial charge on any atom is -0.505 e. The normalized spacial score (nSPS) is 10.7. The first-order valence-corrected chi connectivity index (χ1v) is 11.5. The van der Waals surface area contributed by atoms with Gasteiger partial charge in [0.1, 0.15) is 5.56 Å². The Morgan fingerprint density at radius 3 is 1.83 bits per heavy atom. The van der Waals surface area contributed by atoms with Gasteiger partial charge in [-0.3, -0.25) is 5.32 Å². The molecule has 1 rings (SSSR count). The first kappa shape index (κ1) is 25.8. The third kappa shape index (κ3) is 11.7. The van der Waals surface area contributed by atoms with E-state index >= 15 is 0 Å². The van der Waals surface area contributed by atoms with Crippen LogP contribution in [0.25, 0.3) is 0 Å². The molecule has 0 bridgehead atoms. The summed E-state index contributed by atoms with van der Waals surface area (Å²) in [5.74, 6) is -1.73. The number of hydrogen-bond acceptors (Lipinski definition) is 4. The molecule has 0 heterocycles. The molecule has 0 radical (unpaired) electrons. The van der Waals surface area contributed by atoms with Gasteiger partial charge in [0.25, 0.3) is 0 Å². The Kier molecular flexibility index (Phi) is 14.2. The Hall–Kier alpha value is -2.24. The molecule has 30 heavy (non-hydrogen) atoms. The van der Waals surface area contributed by atoms with Gasteiger partial charge in [0, 0.05) is 0 Å². The molecule has 0 aliphatic heterocycles. The number of carbonyl (C=O) groups excluding carboxylic acids is 1. The lowest BCUT2D eigenvalue weighted by Gasteiger charge is -2.09. The molecule has 0 aliphatic carbocycles. The summed E-state index contributed by atoms with van der Waals surface area (Å²) in [7, 11) is 0. The van der Waals surface area contributed by atoms with Gasteiger partial charge < -0.3 is 14.9 Å². The first-order valence-electron chi connectivity index (χ1n) is 11.5. The van der Waals surface area contributed by atoms with E-state index in [-0.39, 0.29) is 11.3 Å². The summed E-state index contributed by atoms with van der Waals surface area (Å²) in [6.07, 6.45) is 17.0. The van der Waals surface area contributed by atoms with Crippen molar-refractivity contribution in [1.29, 1.82) is 0 Å². The van der Waals surface area contributed by atoms with Crippen molar-refractivity contribution in [2.24, 2.45) is 0 Å². The van der Waals surface area contributed by atoms with Crippen LogP contribution in [0.1, 0.15) is 107 Å². The minimum absolute atomic E-state index is 0.0286. The standard InChI is InChI=1S/C24H39NO5/c1-2-3-4-5-6-7-8-9-10-11-12-13-14-15-19-30-24(29)25-21-18-16-17-20(22(21)26)23(27)28/h16-18,26H,2-15,19H2,1H3,(H,25,29)(H,27,28). The van der Waals surface area contributed by atoms with E-state index in [1.807, 2.05) is 0 Å². The van der Waals surface area contributed by atoms with E-state index in [0.717, 1.165) is 19.3 Å². The number of unbranched alkanes of at least 4 members (excludes halogenated alkanes) is 13. The average Bonchev–Trinajstić information content (AvgIpc) is 2.72. The molecule has 1 aromatic rings. The van der Waals surface area contributed by atoms with E-state index in [0.29, 0.717) is 6.61 Å². The number of carboxylic acids is 1. The summed E-state index contributed by atoms with van der Waals surface area (Å²) in [5, 5.41) is 21.2. The minimum atomic E-state index is -1.26. The van der Waals surface area contributed by atoms with Gasteiger partial charge in [-0.05, 0) is 18.6 Å². The molecule has 6 heteroatoms. The molecule has 0 unspecified atom stereocenters. The van der Waals surface area contributed by atoms with E-state index in [1.54, 1.807) is 0 Å². The predicted octanol–water partition coefficient (Wildman–Crippen LogP) is 7.12. The molecule has 1 aromatic carbocycles. The number of aromatic carboxylic acids is 1. The van der Waals surface area contributed by atoms with Crippen LogP contribution in [0, 0.1) is 0 Å². The number of aromatic hydroxyl groups is 1. The molecule has 0 aliphatic rings. The Morgan fingerprint density at radius 1 is 0.833 bits per heavy atom. The highest BCUT2D eigenvalue weighted by atomic mass is 16.5. The molecule has 0 aromatic heterocycles. The van der Waals surface area contributed by atoms with Crippen molar-refractivity contribution < 1.29 is 24.5 Å². The zero-order valence-electron chi connectivity index (χ0n) is 18.5. The molecule has 0 spiro atoms. The van der Waals surface area contributed by atoms with Crippen molar-refractivity contribution in [1.82, 2.24) is 0 Å². The SMILES string of the molecule is CCCCCCCCCCCCCCCCOC(=O)Nc1cccc(C(=O)O)c1O. The first-order chi connectivity index (χ1) is 14.6. The highest BCUT2D eigenvalue weighted by Crippen LogP contribution is 2.27. The summed E-state index contributed by atoms with van der Waals surface area (Å²) >= 11 is 0. The van der Waals surface area contributed by atoms with Gasteiger partial charge in [0.2, 0.25) is 0 Å². The molecule has 1 amide bonds. The molecule has 0 saturated heterocycles. The van der Waals surface area contributed by atoms with Gasteiger partial charge in [0.05, 0.1) is 12.3 Å². The van der Waals surface area contributed by atoms with Crippen LogP contribution in [0.4, 0.5) is 10.5 Å². The number of ether oxygens (including phenoxy) is 1. The maximum atomic E-state index is 11.8. The van der Waals surface area contributed by atoms with E-state index in [4.69, 9.17) is 9.84 Å². The van der Waals surface area contributed by atoms with Crippen LogP contribution < -0.4 is 5.32 Å². The largest absolute Gasteiger partial charge is 0.505 e. The smallest absolute Gasteiger partial charge is 0.411 e. The van der Waals surface area contributed by atoms with E-state index < -0.39 is 17.8 Å². The number of amides is 1. The molecule has 170 valence electrons. The lowest BCUT2D eigenvalue weighted by molar-refractivity contribution is 0.0693. The van der Waals surface area contributed by atoms with Crippen LogP contribution in [-0.4, -0.2) is 28.9 Å². The van der Waals surface area contributed by atoms with Gasteiger partial charge in [-0.25, -0.2) is 9.59 Å². The third-order valence-corrected chi connectivity index (χ3v) is 5.23. The van der Waals surface area contributed by atoms with Crippen LogP contribution in [0.3, 0.4) is 0 Å². The van der Waals surface area contributed by atoms with Crippen LogP contribution in [0.5, 0.6) is 5.75 Å². The zero-order chi connectivity index (χ0) is 22.0. The highest BCUT2D eigenvalue weighted by molar-refractivity contribution is 5.96. The number of phenols is 1. The highest BCUT2D eigenvalue weighted by Gasteiger charge is 2.14. The monoisotopic (exact) mass is 421 g/mol. The fraction of sp³-hybridized carbons (Fsp3) is 0.667. The maximum absolute atomic E-state index is 11.8. The van der Waals surface area contributed by atoms with Crippen LogP contribution in [-0.2, 0) is 4.74 Å². The molecular weight excluding hydrogens is 382 g/mol. The second-order valence-corrected chi connectivity index (χ2v) is 7.86. The summed E-state index contributed by atoms with van der Waals surface area (Å²) in [5.41, 5.74) is -0.236. The lowest BCUT2D eigenvalue weighted by atomic mass is 10.0. The Bertz CT molecular complexity index is 618. The number of para-hydroxylation sites is 1. The number of nitrogens with one attached hydrogen (secondary N) is 1. The van der Waals surface area contributed by atoms with Crippen molar-refractivity contribution >= 4 is 17.7 Å². The van der Waals surface area contributed by atoms with Crippen LogP contribution in [0.2, 0.25) is 0 Å². The number of carboxylic acid groups (broad SMARTS) is 1. The molecule has 3 N–H and O–H groups in total. The topological polar surface area (TPSA) is 95.9 Å². The van der Waals surface area contributed by atoms with Crippen molar-refractivity contribution in [2.45, 2.75) is 96.8 Å². The summed E-state index contributed by atoms with van der Waals surface area (Å²) in [6.45, 7) is 2.56. The van der Waals surface area contributed by atoms with Crippen LogP contribution in [0.15, 0.2) is 18.2 Å². The Labute approximate surface area is 181 Å². The van der Waals surface area contributed by atoms with Crippen molar-refractivity contribution in [3.63, 3.8) is 0 Å². The van der Waals surface area contributed by atoms with Crippen molar-refractivity contribution in [2.75, 3.05) is 11.9 Å². The van der Waals surface area contributed by atoms with E-state index in [1.165, 1.54) is 88.8 Å². The van der Waals surface area contributed by atoms with E-state index in [2.05, 4.69) is 12.2 Å². The summed E-state index contributed by atoms with van der Waals surface area (Å²) < 4.78 is 5.10. The van der Waals surface area contributed by atoms with Gasteiger partial charge >= 0.3 is 12.1 Å². The van der Waals surface area contributed by atoms with Crippen LogP contribution >= 0.6 is 0 Å². The fourth-order valence-corrected chi connectivity index (χ4v) is 3.42. The average molecular weight is 422 g/mol. The number of hydrogen-bond donors (Lipinski definition) is 3. The fourth-order valence-electron chi connectivity index (χ4n) is 3.42. The van der Waals surface area contributed by atoms with Gasteiger partial charge in [-0.15, -0.1) is 0 Å². The number of anilines is 1. The van der Waals surface area contributed by atoms with Gasteiger partial charge in [-0.2, -0.15) is 0 Å². The van der Waals surface area contributed by atoms with E-state index in [9.17, 15) is 14.7 Å². The Balaban J connectivity index is 1.97. The number of benzene rings is 1. The molecule has 0 saturated carbocycles. The summed E-state index contributed by atoms with van der Waals surface area (Å²) in [6, 6.07) is 4.14. The Morgan fingerprint density at radius 2 is 1.33 bits per heavy atom. The quantitative estimate of drug-likeness (QED) is 0.184. The van der Waals surface area contributed by atoms with Gasteiger partial charge in [-0.1, -0.05) is 96.5 Å². The number of rotatable bonds is 17. The molecule has 0 atom stereocenters. The predicted molar refractivity (Wildman–Crippen MR) is 120 cm³/mol. The van der Waals surface area contributed by atoms with Crippen molar-refractivity contribution in [3.05, 3.63) is 23.8 Å². The molecule has 0 fully saturated rings. The van der Waals surface area contributed by atoms with Gasteiger partial charge in [0.15, 0.2) is 5.75 Å². The third-order valence-electron chi connectivity index (χ3n) is 5.23. The second-order valence-electron chi connectivity index (χ2n) is 7.86. The zero-order valence-corrected chi connectivity index (χ0v) is 18.5. The summed E-state index contributed by atoms with van der Waals surface area (Å²) in [4.78, 5) is 22.8. The molecule has 6 nitrogen and oxygen atoms in total. The lowest BCUT2D eigenvalue weighted by Crippen LogP contribution is -2.15. The van der Waals surface area contributed by atoms with Crippen molar-refractivity contribution in [3.8, 4) is 5.75 Å². The number of carbonyl (C=O) groups is 2. The molecular formula is C24H39NO5.